The summed E-state index contributed by atoms with van der Waals surface area (Å²) in [4.78, 5) is 33.4. The molecular weight excluding hydrogens is 454 g/mol. The lowest BCUT2D eigenvalue weighted by Crippen LogP contribution is -2.62. The fraction of sp³-hybridized carbons (Fsp3) is 0.318. The van der Waals surface area contributed by atoms with Gasteiger partial charge in [-0.25, -0.2) is 0 Å². The molecule has 0 unspecified atom stereocenters. The van der Waals surface area contributed by atoms with Crippen LogP contribution in [-0.2, 0) is 15.1 Å². The van der Waals surface area contributed by atoms with Crippen LogP contribution in [0.1, 0.15) is 17.2 Å². The van der Waals surface area contributed by atoms with Gasteiger partial charge in [0.15, 0.2) is 5.54 Å². The number of carbonyl (C=O) groups is 2. The molecule has 1 aromatic carbocycles. The average Bonchev–Trinajstić information content (AvgIpc) is 3.45. The van der Waals surface area contributed by atoms with E-state index in [9.17, 15) is 9.59 Å². The zero-order chi connectivity index (χ0) is 22.1. The first-order chi connectivity index (χ1) is 14.8. The lowest BCUT2D eigenvalue weighted by molar-refractivity contribution is -0.138. The molecule has 5 rings (SSSR count). The normalized spacial score (nSPS) is 30.3. The van der Waals surface area contributed by atoms with Crippen molar-refractivity contribution in [3.63, 3.8) is 0 Å². The van der Waals surface area contributed by atoms with Crippen LogP contribution in [0, 0.1) is 0 Å². The molecule has 0 aliphatic carbocycles. The van der Waals surface area contributed by atoms with E-state index in [1.807, 2.05) is 24.1 Å². The monoisotopic (exact) mass is 473 g/mol. The van der Waals surface area contributed by atoms with Gasteiger partial charge in [-0.05, 0) is 37.4 Å². The first-order valence-electron chi connectivity index (χ1n) is 9.79. The Morgan fingerprint density at radius 1 is 1.32 bits per heavy atom. The van der Waals surface area contributed by atoms with Crippen molar-refractivity contribution < 1.29 is 14.0 Å². The van der Waals surface area contributed by atoms with Crippen LogP contribution in [0.25, 0.3) is 0 Å². The molecule has 2 fully saturated rings. The van der Waals surface area contributed by atoms with Gasteiger partial charge in [0.1, 0.15) is 14.8 Å². The molecule has 2 aromatic rings. The number of furan rings is 1. The molecule has 31 heavy (non-hydrogen) atoms. The maximum Gasteiger partial charge on any atom is 0.254 e. The molecule has 3 atom stereocenters. The van der Waals surface area contributed by atoms with Crippen molar-refractivity contribution >= 4 is 57.4 Å². The smallest absolute Gasteiger partial charge is 0.254 e. The third-order valence-electron chi connectivity index (χ3n) is 6.61. The molecule has 9 heteroatoms. The van der Waals surface area contributed by atoms with Gasteiger partial charge in [0, 0.05) is 36.4 Å². The van der Waals surface area contributed by atoms with Crippen LogP contribution in [0.5, 0.6) is 0 Å². The van der Waals surface area contributed by atoms with E-state index in [2.05, 4.69) is 6.58 Å². The highest BCUT2D eigenvalue weighted by Crippen LogP contribution is 2.66. The minimum absolute atomic E-state index is 0.176. The Balaban J connectivity index is 1.85. The number of benzene rings is 1. The number of thioether (sulfide) groups is 1. The number of rotatable bonds is 3. The maximum absolute atomic E-state index is 14.2. The summed E-state index contributed by atoms with van der Waals surface area (Å²) in [5, 5.41) is 0.507. The summed E-state index contributed by atoms with van der Waals surface area (Å²) in [6.07, 6.45) is 3.23. The molecule has 0 saturated carbocycles. The van der Waals surface area contributed by atoms with Gasteiger partial charge >= 0.3 is 0 Å². The number of carbonyl (C=O) groups excluding carboxylic acids is 2. The second-order valence-corrected chi connectivity index (χ2v) is 10.3. The fourth-order valence-corrected chi connectivity index (χ4v) is 7.69. The standard InChI is InChI=1S/C22H20ClN3O3S2/c1-4-9-26-19(28)22(31-20(26)30)15(17-6-5-10-29-17)12-24(2)21(22)14-11-13(23)7-8-16(14)25(3)18(21)27/h4-8,10-11,15H,1,9,12H2,2-3H3/t15-,21+,22+/m0/s1. The number of thiocarbonyl (C=S) groups is 1. The van der Waals surface area contributed by atoms with E-state index in [-0.39, 0.29) is 24.3 Å². The third kappa shape index (κ3) is 2.36. The molecule has 6 nitrogen and oxygen atoms in total. The summed E-state index contributed by atoms with van der Waals surface area (Å²) in [6.45, 7) is 4.50. The summed E-state index contributed by atoms with van der Waals surface area (Å²) in [7, 11) is 3.61. The molecule has 3 aliphatic rings. The van der Waals surface area contributed by atoms with Crippen molar-refractivity contribution in [3.8, 4) is 0 Å². The van der Waals surface area contributed by atoms with E-state index in [0.29, 0.717) is 27.2 Å². The van der Waals surface area contributed by atoms with Gasteiger partial charge in [-0.3, -0.25) is 19.4 Å². The Morgan fingerprint density at radius 2 is 2.10 bits per heavy atom. The van der Waals surface area contributed by atoms with Crippen LogP contribution in [0.4, 0.5) is 5.69 Å². The zero-order valence-electron chi connectivity index (χ0n) is 17.0. The molecule has 2 amide bonds. The molecule has 2 spiro atoms. The van der Waals surface area contributed by atoms with Crippen molar-refractivity contribution in [3.05, 3.63) is 65.6 Å². The number of hydrogen-bond acceptors (Lipinski definition) is 6. The number of hydrogen-bond donors (Lipinski definition) is 0. The Hall–Kier alpha value is -2.13. The maximum atomic E-state index is 14.2. The van der Waals surface area contributed by atoms with Crippen molar-refractivity contribution in [1.29, 1.82) is 0 Å². The molecule has 0 radical (unpaired) electrons. The number of halogens is 1. The second kappa shape index (κ2) is 6.93. The fourth-order valence-electron chi connectivity index (χ4n) is 5.40. The predicted octanol–water partition coefficient (Wildman–Crippen LogP) is 3.62. The minimum Gasteiger partial charge on any atom is -0.469 e. The quantitative estimate of drug-likeness (QED) is 0.501. The van der Waals surface area contributed by atoms with Gasteiger partial charge in [0.2, 0.25) is 5.91 Å². The summed E-state index contributed by atoms with van der Waals surface area (Å²) in [6, 6.07) is 9.04. The first kappa shape index (κ1) is 20.8. The highest BCUT2D eigenvalue weighted by Gasteiger charge is 2.79. The lowest BCUT2D eigenvalue weighted by Gasteiger charge is -2.41. The van der Waals surface area contributed by atoms with Gasteiger partial charge < -0.3 is 9.32 Å². The predicted molar refractivity (Wildman–Crippen MR) is 125 cm³/mol. The highest BCUT2D eigenvalue weighted by molar-refractivity contribution is 8.25. The van der Waals surface area contributed by atoms with E-state index in [0.717, 1.165) is 5.69 Å². The topological polar surface area (TPSA) is 57.0 Å². The van der Waals surface area contributed by atoms with Crippen LogP contribution in [0.15, 0.2) is 53.7 Å². The van der Waals surface area contributed by atoms with E-state index >= 15 is 0 Å². The molecule has 4 heterocycles. The molecule has 0 N–H and O–H groups in total. The van der Waals surface area contributed by atoms with Gasteiger partial charge in [-0.15, -0.1) is 6.58 Å². The summed E-state index contributed by atoms with van der Waals surface area (Å²) in [5.41, 5.74) is 0.177. The first-order valence-corrected chi connectivity index (χ1v) is 11.4. The summed E-state index contributed by atoms with van der Waals surface area (Å²) in [5.74, 6) is -0.119. The van der Waals surface area contributed by atoms with E-state index in [4.69, 9.17) is 28.2 Å². The Bertz CT molecular complexity index is 1140. The van der Waals surface area contributed by atoms with Crippen molar-refractivity contribution in [2.45, 2.75) is 16.2 Å². The van der Waals surface area contributed by atoms with Crippen LogP contribution in [0.2, 0.25) is 5.02 Å². The number of likely N-dealkylation sites (N-methyl/N-ethyl adjacent to an activating group) is 2. The van der Waals surface area contributed by atoms with Gasteiger partial charge in [-0.1, -0.05) is 41.7 Å². The van der Waals surface area contributed by atoms with Crippen LogP contribution < -0.4 is 4.90 Å². The van der Waals surface area contributed by atoms with Crippen molar-refractivity contribution in [2.75, 3.05) is 32.1 Å². The van der Waals surface area contributed by atoms with Gasteiger partial charge in [-0.2, -0.15) is 0 Å². The Kier molecular flexibility index (Phi) is 4.64. The summed E-state index contributed by atoms with van der Waals surface area (Å²) < 4.78 is 4.98. The van der Waals surface area contributed by atoms with Gasteiger partial charge in [0.25, 0.3) is 5.91 Å². The zero-order valence-corrected chi connectivity index (χ0v) is 19.4. The van der Waals surface area contributed by atoms with Crippen molar-refractivity contribution in [1.82, 2.24) is 9.80 Å². The average molecular weight is 474 g/mol. The molecular formula is C22H20ClN3O3S2. The van der Waals surface area contributed by atoms with Crippen LogP contribution in [0.3, 0.4) is 0 Å². The highest BCUT2D eigenvalue weighted by atomic mass is 35.5. The molecule has 1 aromatic heterocycles. The Labute approximate surface area is 194 Å². The van der Waals surface area contributed by atoms with E-state index < -0.39 is 10.3 Å². The second-order valence-electron chi connectivity index (χ2n) is 7.99. The number of likely N-dealkylation sites (tertiary alicyclic amines) is 1. The number of anilines is 1. The third-order valence-corrected chi connectivity index (χ3v) is 8.79. The summed E-state index contributed by atoms with van der Waals surface area (Å²) >= 11 is 13.3. The van der Waals surface area contributed by atoms with Crippen LogP contribution in [-0.4, -0.2) is 57.9 Å². The molecule has 2 saturated heterocycles. The molecule has 0 bridgehead atoms. The number of nitrogens with zero attached hydrogens (tertiary/aromatic N) is 3. The Morgan fingerprint density at radius 3 is 2.77 bits per heavy atom. The SMILES string of the molecule is C=CCN1C(=O)[C@]2(SC1=S)[C@H](c1ccco1)CN(C)[C@]21C(=O)N(C)c2ccc(Cl)cc21. The largest absolute Gasteiger partial charge is 0.469 e. The lowest BCUT2D eigenvalue weighted by atomic mass is 9.73. The van der Waals surface area contributed by atoms with E-state index in [1.165, 1.54) is 11.8 Å². The molecule has 160 valence electrons. The van der Waals surface area contributed by atoms with Crippen molar-refractivity contribution in [2.24, 2.45) is 0 Å². The van der Waals surface area contributed by atoms with Gasteiger partial charge in [0.05, 0.1) is 12.2 Å². The minimum atomic E-state index is -1.28. The number of fused-ring (bicyclic) bond motifs is 3. The van der Waals surface area contributed by atoms with Crippen LogP contribution >= 0.6 is 35.6 Å². The molecule has 3 aliphatic heterocycles. The number of amides is 2. The van der Waals surface area contributed by atoms with E-state index in [1.54, 1.807) is 47.4 Å².